The monoisotopic (exact) mass is 488 g/mol. The number of aryl methyl sites for hydroxylation is 1. The van der Waals surface area contributed by atoms with Crippen molar-refractivity contribution in [2.45, 2.75) is 26.5 Å². The van der Waals surface area contributed by atoms with Crippen LogP contribution in [0.2, 0.25) is 5.02 Å². The molecule has 10 heteroatoms. The molecular weight excluding hydrogens is 466 g/mol. The average molecular weight is 489 g/mol. The molecule has 0 saturated carbocycles. The molecule has 3 aromatic rings. The van der Waals surface area contributed by atoms with E-state index >= 15 is 0 Å². The van der Waals surface area contributed by atoms with E-state index in [1.165, 1.54) is 15.5 Å². The van der Waals surface area contributed by atoms with Gasteiger partial charge in [0.15, 0.2) is 5.02 Å². The molecule has 0 saturated heterocycles. The van der Waals surface area contributed by atoms with E-state index < -0.39 is 17.2 Å². The van der Waals surface area contributed by atoms with Gasteiger partial charge in [0.05, 0.1) is 6.54 Å². The summed E-state index contributed by atoms with van der Waals surface area (Å²) in [6, 6.07) is 8.76. The van der Waals surface area contributed by atoms with E-state index in [9.17, 15) is 18.4 Å². The first-order valence-electron chi connectivity index (χ1n) is 10.6. The number of rotatable bonds is 5. The first-order valence-corrected chi connectivity index (χ1v) is 11.0. The highest BCUT2D eigenvalue weighted by Crippen LogP contribution is 2.30. The van der Waals surface area contributed by atoms with Crippen LogP contribution in [-0.4, -0.2) is 41.1 Å². The van der Waals surface area contributed by atoms with Gasteiger partial charge in [0.2, 0.25) is 5.88 Å². The van der Waals surface area contributed by atoms with Crippen LogP contribution in [0.5, 0.6) is 5.88 Å². The third-order valence-electron chi connectivity index (χ3n) is 5.65. The highest BCUT2D eigenvalue weighted by atomic mass is 35.5. The number of amides is 2. The number of benzene rings is 2. The summed E-state index contributed by atoms with van der Waals surface area (Å²) in [7, 11) is 3.42. The van der Waals surface area contributed by atoms with E-state index in [4.69, 9.17) is 16.3 Å². The number of anilines is 1. The molecule has 34 heavy (non-hydrogen) atoms. The van der Waals surface area contributed by atoms with Gasteiger partial charge >= 0.3 is 6.03 Å². The molecule has 4 rings (SSSR count). The van der Waals surface area contributed by atoms with Crippen molar-refractivity contribution in [2.75, 3.05) is 25.5 Å². The number of nitrogens with zero attached hydrogens (tertiary/aromatic N) is 4. The largest absolute Gasteiger partial charge is 0.471 e. The van der Waals surface area contributed by atoms with Gasteiger partial charge in [-0.25, -0.2) is 13.6 Å². The number of hydrogen-bond acceptors (Lipinski definition) is 4. The van der Waals surface area contributed by atoms with Crippen molar-refractivity contribution >= 4 is 23.3 Å². The third-order valence-corrected chi connectivity index (χ3v) is 5.97. The molecule has 0 radical (unpaired) electrons. The summed E-state index contributed by atoms with van der Waals surface area (Å²) in [5.41, 5.74) is 2.37. The van der Waals surface area contributed by atoms with Gasteiger partial charge in [0.25, 0.3) is 5.56 Å². The fraction of sp³-hybridized carbons (Fsp3) is 0.292. The molecule has 0 atom stereocenters. The van der Waals surface area contributed by atoms with Crippen molar-refractivity contribution in [3.05, 3.63) is 85.9 Å². The minimum Gasteiger partial charge on any atom is -0.471 e. The Labute approximate surface area is 200 Å². The normalized spacial score (nSPS) is 12.6. The standard InChI is InChI=1S/C24H23ClF2N4O3/c1-14-28-22(34-13-17-5-6-18(26)11-19(17)27)21(25)23(32)31(14)12-15-4-7-20-16(10-15)8-9-30(20)24(33)29(2)3/h4-7,10-11H,8-9,12-13H2,1-3H3. The van der Waals surface area contributed by atoms with Crippen molar-refractivity contribution in [1.82, 2.24) is 14.5 Å². The van der Waals surface area contributed by atoms with Gasteiger partial charge in [-0.15, -0.1) is 0 Å². The molecule has 2 aromatic carbocycles. The van der Waals surface area contributed by atoms with E-state index in [2.05, 4.69) is 4.98 Å². The molecular formula is C24H23ClF2N4O3. The molecule has 0 unspecified atom stereocenters. The quantitative estimate of drug-likeness (QED) is 0.541. The summed E-state index contributed by atoms with van der Waals surface area (Å²) in [5.74, 6) is -1.20. The predicted octanol–water partition coefficient (Wildman–Crippen LogP) is 4.15. The van der Waals surface area contributed by atoms with Crippen LogP contribution in [0, 0.1) is 18.6 Å². The number of carbonyl (C=O) groups excluding carboxylic acids is 1. The summed E-state index contributed by atoms with van der Waals surface area (Å²) in [5, 5.41) is -0.225. The van der Waals surface area contributed by atoms with Gasteiger partial charge in [0.1, 0.15) is 24.1 Å². The SMILES string of the molecule is Cc1nc(OCc2ccc(F)cc2F)c(Cl)c(=O)n1Cc1ccc2c(c1)CCN2C(=O)N(C)C. The van der Waals surface area contributed by atoms with Crippen LogP contribution in [0.15, 0.2) is 41.2 Å². The zero-order valence-corrected chi connectivity index (χ0v) is 19.7. The lowest BCUT2D eigenvalue weighted by molar-refractivity contribution is 0.224. The first kappa shape index (κ1) is 23.7. The molecule has 1 aliphatic rings. The molecule has 0 N–H and O–H groups in total. The van der Waals surface area contributed by atoms with Crippen LogP contribution in [-0.2, 0) is 19.6 Å². The second-order valence-corrected chi connectivity index (χ2v) is 8.61. The summed E-state index contributed by atoms with van der Waals surface area (Å²) in [6.07, 6.45) is 0.725. The van der Waals surface area contributed by atoms with Crippen LogP contribution in [0.3, 0.4) is 0 Å². The minimum absolute atomic E-state index is 0.0781. The number of ether oxygens (including phenoxy) is 1. The van der Waals surface area contributed by atoms with Gasteiger partial charge in [-0.05, 0) is 42.7 Å². The second kappa shape index (κ2) is 9.42. The van der Waals surface area contributed by atoms with E-state index in [-0.39, 0.29) is 35.6 Å². The van der Waals surface area contributed by atoms with E-state index in [0.29, 0.717) is 12.4 Å². The number of halogens is 3. The van der Waals surface area contributed by atoms with Crippen molar-refractivity contribution in [3.63, 3.8) is 0 Å². The Kier molecular flexibility index (Phi) is 6.56. The Bertz CT molecular complexity index is 1330. The maximum atomic E-state index is 13.9. The first-order chi connectivity index (χ1) is 16.2. The molecule has 2 heterocycles. The van der Waals surface area contributed by atoms with Gasteiger partial charge in [-0.1, -0.05) is 23.7 Å². The van der Waals surface area contributed by atoms with Crippen molar-refractivity contribution in [1.29, 1.82) is 0 Å². The lowest BCUT2D eigenvalue weighted by Gasteiger charge is -2.22. The number of hydrogen-bond donors (Lipinski definition) is 0. The van der Waals surface area contributed by atoms with E-state index in [0.717, 1.165) is 35.4 Å². The van der Waals surface area contributed by atoms with Gasteiger partial charge in [-0.2, -0.15) is 4.98 Å². The fourth-order valence-electron chi connectivity index (χ4n) is 3.86. The average Bonchev–Trinajstić information content (AvgIpc) is 3.21. The Morgan fingerprint density at radius 3 is 2.68 bits per heavy atom. The van der Waals surface area contributed by atoms with Crippen LogP contribution in [0.4, 0.5) is 19.3 Å². The molecule has 0 aliphatic carbocycles. The van der Waals surface area contributed by atoms with Crippen LogP contribution < -0.4 is 15.2 Å². The molecule has 1 aliphatic heterocycles. The molecule has 7 nitrogen and oxygen atoms in total. The van der Waals surface area contributed by atoms with E-state index in [1.807, 2.05) is 18.2 Å². The van der Waals surface area contributed by atoms with Crippen LogP contribution >= 0.6 is 11.6 Å². The van der Waals surface area contributed by atoms with Gasteiger partial charge in [0, 0.05) is 38.0 Å². The number of fused-ring (bicyclic) bond motifs is 1. The second-order valence-electron chi connectivity index (χ2n) is 8.24. The zero-order valence-electron chi connectivity index (χ0n) is 18.9. The zero-order chi connectivity index (χ0) is 24.6. The summed E-state index contributed by atoms with van der Waals surface area (Å²) >= 11 is 6.22. The molecule has 0 fully saturated rings. The highest BCUT2D eigenvalue weighted by molar-refractivity contribution is 6.31. The predicted molar refractivity (Wildman–Crippen MR) is 125 cm³/mol. The van der Waals surface area contributed by atoms with Crippen LogP contribution in [0.25, 0.3) is 0 Å². The fourth-order valence-corrected chi connectivity index (χ4v) is 4.06. The molecule has 2 amide bonds. The Hall–Kier alpha value is -3.46. The lowest BCUT2D eigenvalue weighted by atomic mass is 10.1. The maximum Gasteiger partial charge on any atom is 0.323 e. The Morgan fingerprint density at radius 1 is 1.21 bits per heavy atom. The van der Waals surface area contributed by atoms with Crippen molar-refractivity contribution < 1.29 is 18.3 Å². The number of urea groups is 1. The van der Waals surface area contributed by atoms with Gasteiger partial charge < -0.3 is 9.64 Å². The van der Waals surface area contributed by atoms with Crippen molar-refractivity contribution in [2.24, 2.45) is 0 Å². The Balaban J connectivity index is 1.54. The maximum absolute atomic E-state index is 13.9. The Morgan fingerprint density at radius 2 is 1.97 bits per heavy atom. The minimum atomic E-state index is -0.761. The molecule has 178 valence electrons. The van der Waals surface area contributed by atoms with Crippen molar-refractivity contribution in [3.8, 4) is 5.88 Å². The highest BCUT2D eigenvalue weighted by Gasteiger charge is 2.26. The van der Waals surface area contributed by atoms with Gasteiger partial charge in [-0.3, -0.25) is 14.3 Å². The van der Waals surface area contributed by atoms with E-state index in [1.54, 1.807) is 25.9 Å². The molecule has 0 bridgehead atoms. The molecule has 0 spiro atoms. The summed E-state index contributed by atoms with van der Waals surface area (Å²) < 4.78 is 33.8. The summed E-state index contributed by atoms with van der Waals surface area (Å²) in [6.45, 7) is 2.23. The molecule has 1 aromatic heterocycles. The number of aromatic nitrogens is 2. The topological polar surface area (TPSA) is 67.7 Å². The lowest BCUT2D eigenvalue weighted by Crippen LogP contribution is -2.38. The summed E-state index contributed by atoms with van der Waals surface area (Å²) in [4.78, 5) is 32.8. The van der Waals surface area contributed by atoms with Crippen LogP contribution in [0.1, 0.15) is 22.5 Å². The smallest absolute Gasteiger partial charge is 0.323 e. The number of carbonyl (C=O) groups is 1. The third kappa shape index (κ3) is 4.61.